The minimum absolute atomic E-state index is 0.0430. The van der Waals surface area contributed by atoms with Crippen LogP contribution in [-0.4, -0.2) is 11.6 Å². The molecule has 1 aromatic heterocycles. The van der Waals surface area contributed by atoms with E-state index in [1.165, 1.54) is 24.3 Å². The molecule has 0 atom stereocenters. The van der Waals surface area contributed by atoms with Crippen LogP contribution in [0.2, 0.25) is 0 Å². The van der Waals surface area contributed by atoms with Crippen LogP contribution in [0.3, 0.4) is 0 Å². The van der Waals surface area contributed by atoms with Crippen LogP contribution in [0.15, 0.2) is 60.8 Å². The molecule has 0 N–H and O–H groups in total. The maximum atomic E-state index is 14.6. The average Bonchev–Trinajstić information content (AvgIpc) is 2.88. The second-order valence-corrected chi connectivity index (χ2v) is 8.53. The van der Waals surface area contributed by atoms with Crippen LogP contribution in [-0.2, 0) is 12.8 Å². The SMILES string of the molecule is CCCCCOc1ccc(CCc2ccc(C#Cc3ccc4c(F)c(F)c(F)cc4c3)c(F)c2)nc1. The van der Waals surface area contributed by atoms with Gasteiger partial charge in [0.05, 0.1) is 18.4 Å². The van der Waals surface area contributed by atoms with Crippen molar-refractivity contribution in [2.75, 3.05) is 6.61 Å². The molecule has 0 aliphatic carbocycles. The first-order valence-electron chi connectivity index (χ1n) is 11.9. The predicted octanol–water partition coefficient (Wildman–Crippen LogP) is 7.55. The summed E-state index contributed by atoms with van der Waals surface area (Å²) in [5.74, 6) is 1.82. The Bertz CT molecular complexity index is 1420. The van der Waals surface area contributed by atoms with Gasteiger partial charge >= 0.3 is 0 Å². The number of rotatable bonds is 8. The Morgan fingerprint density at radius 3 is 2.42 bits per heavy atom. The number of hydrogen-bond donors (Lipinski definition) is 0. The van der Waals surface area contributed by atoms with Gasteiger partial charge in [-0.1, -0.05) is 43.7 Å². The number of fused-ring (bicyclic) bond motifs is 1. The fourth-order valence-electron chi connectivity index (χ4n) is 3.80. The van der Waals surface area contributed by atoms with E-state index in [2.05, 4.69) is 23.7 Å². The summed E-state index contributed by atoms with van der Waals surface area (Å²) in [6.07, 6.45) is 6.30. The summed E-state index contributed by atoms with van der Waals surface area (Å²) in [6.45, 7) is 2.83. The monoisotopic (exact) mass is 491 g/mol. The van der Waals surface area contributed by atoms with Crippen LogP contribution < -0.4 is 4.74 Å². The van der Waals surface area contributed by atoms with E-state index in [1.54, 1.807) is 12.3 Å². The lowest BCUT2D eigenvalue weighted by Crippen LogP contribution is -1.99. The molecule has 0 aliphatic rings. The molecule has 36 heavy (non-hydrogen) atoms. The van der Waals surface area contributed by atoms with Crippen LogP contribution in [0, 0.1) is 35.1 Å². The number of halogens is 4. The zero-order chi connectivity index (χ0) is 25.5. The summed E-state index contributed by atoms with van der Waals surface area (Å²) in [7, 11) is 0. The van der Waals surface area contributed by atoms with E-state index in [4.69, 9.17) is 4.74 Å². The number of ether oxygens (including phenoxy) is 1. The van der Waals surface area contributed by atoms with Gasteiger partial charge < -0.3 is 4.74 Å². The van der Waals surface area contributed by atoms with E-state index in [-0.39, 0.29) is 16.3 Å². The Hall–Kier alpha value is -3.85. The van der Waals surface area contributed by atoms with Crippen molar-refractivity contribution in [2.45, 2.75) is 39.0 Å². The molecule has 0 saturated heterocycles. The Morgan fingerprint density at radius 1 is 0.806 bits per heavy atom. The lowest BCUT2D eigenvalue weighted by Gasteiger charge is -2.07. The molecule has 0 bridgehead atoms. The fraction of sp³-hybridized carbons (Fsp3) is 0.233. The second kappa shape index (κ2) is 11.7. The zero-order valence-corrected chi connectivity index (χ0v) is 19.9. The molecule has 0 fully saturated rings. The Labute approximate surface area is 208 Å². The average molecular weight is 492 g/mol. The van der Waals surface area contributed by atoms with Crippen molar-refractivity contribution in [3.63, 3.8) is 0 Å². The maximum Gasteiger partial charge on any atom is 0.195 e. The van der Waals surface area contributed by atoms with Crippen molar-refractivity contribution in [3.8, 4) is 17.6 Å². The molecule has 0 spiro atoms. The van der Waals surface area contributed by atoms with E-state index in [1.807, 2.05) is 18.2 Å². The number of pyridine rings is 1. The van der Waals surface area contributed by atoms with Crippen molar-refractivity contribution < 1.29 is 22.3 Å². The van der Waals surface area contributed by atoms with Crippen LogP contribution in [0.1, 0.15) is 48.6 Å². The fourth-order valence-corrected chi connectivity index (χ4v) is 3.80. The molecule has 0 unspecified atom stereocenters. The number of nitrogens with zero attached hydrogens (tertiary/aromatic N) is 1. The first kappa shape index (κ1) is 25.2. The standard InChI is InChI=1S/C30H25F4NO/c1-2-3-4-15-36-25-13-12-24(35-19-25)11-7-21-6-10-22(27(31)17-21)9-5-20-8-14-26-23(16-20)18-28(32)30(34)29(26)33/h6,8,10,12-14,16-19H,2-4,7,11,15H2,1H3. The number of hydrogen-bond acceptors (Lipinski definition) is 2. The van der Waals surface area contributed by atoms with E-state index in [9.17, 15) is 17.6 Å². The van der Waals surface area contributed by atoms with Gasteiger partial charge in [0.2, 0.25) is 0 Å². The van der Waals surface area contributed by atoms with Gasteiger partial charge in [0.25, 0.3) is 0 Å². The van der Waals surface area contributed by atoms with E-state index >= 15 is 0 Å². The molecule has 4 aromatic rings. The highest BCUT2D eigenvalue weighted by atomic mass is 19.2. The molecular weight excluding hydrogens is 466 g/mol. The second-order valence-electron chi connectivity index (χ2n) is 8.53. The number of aryl methyl sites for hydroxylation is 2. The van der Waals surface area contributed by atoms with Gasteiger partial charge in [-0.25, -0.2) is 17.6 Å². The third-order valence-corrected chi connectivity index (χ3v) is 5.83. The van der Waals surface area contributed by atoms with Crippen molar-refractivity contribution in [1.82, 2.24) is 4.98 Å². The number of benzene rings is 3. The minimum atomic E-state index is -1.51. The van der Waals surface area contributed by atoms with Crippen LogP contribution in [0.4, 0.5) is 17.6 Å². The van der Waals surface area contributed by atoms with Crippen molar-refractivity contribution in [2.24, 2.45) is 0 Å². The first-order valence-corrected chi connectivity index (χ1v) is 11.9. The number of aromatic nitrogens is 1. The molecule has 184 valence electrons. The van der Waals surface area contributed by atoms with Crippen LogP contribution in [0.5, 0.6) is 5.75 Å². The highest BCUT2D eigenvalue weighted by molar-refractivity contribution is 5.84. The van der Waals surface area contributed by atoms with Crippen LogP contribution >= 0.6 is 0 Å². The van der Waals surface area contributed by atoms with Gasteiger partial charge in [-0.3, -0.25) is 4.98 Å². The van der Waals surface area contributed by atoms with Gasteiger partial charge in [-0.2, -0.15) is 0 Å². The Balaban J connectivity index is 1.38. The van der Waals surface area contributed by atoms with E-state index < -0.39 is 23.3 Å². The normalized spacial score (nSPS) is 10.8. The van der Waals surface area contributed by atoms with Gasteiger partial charge in [0.15, 0.2) is 17.5 Å². The highest BCUT2D eigenvalue weighted by Gasteiger charge is 2.13. The van der Waals surface area contributed by atoms with E-state index in [0.717, 1.165) is 42.3 Å². The molecule has 0 saturated carbocycles. The maximum absolute atomic E-state index is 14.6. The summed E-state index contributed by atoms with van der Waals surface area (Å²) in [5, 5.41) is 0.136. The van der Waals surface area contributed by atoms with Crippen molar-refractivity contribution in [1.29, 1.82) is 0 Å². The van der Waals surface area contributed by atoms with Gasteiger partial charge in [-0.15, -0.1) is 0 Å². The molecule has 4 rings (SSSR count). The molecule has 1 heterocycles. The van der Waals surface area contributed by atoms with Crippen molar-refractivity contribution in [3.05, 3.63) is 106 Å². The molecule has 0 radical (unpaired) electrons. The zero-order valence-electron chi connectivity index (χ0n) is 19.9. The third kappa shape index (κ3) is 6.23. The predicted molar refractivity (Wildman–Crippen MR) is 133 cm³/mol. The summed E-state index contributed by atoms with van der Waals surface area (Å²) < 4.78 is 61.1. The summed E-state index contributed by atoms with van der Waals surface area (Å²) in [6, 6.07) is 13.8. The van der Waals surface area contributed by atoms with Gasteiger partial charge in [-0.05, 0) is 72.7 Å². The Morgan fingerprint density at radius 2 is 1.67 bits per heavy atom. The van der Waals surface area contributed by atoms with Crippen molar-refractivity contribution >= 4 is 10.8 Å². The summed E-state index contributed by atoms with van der Waals surface area (Å²) >= 11 is 0. The largest absolute Gasteiger partial charge is 0.492 e. The summed E-state index contributed by atoms with van der Waals surface area (Å²) in [4.78, 5) is 4.42. The third-order valence-electron chi connectivity index (χ3n) is 5.83. The molecule has 3 aromatic carbocycles. The van der Waals surface area contributed by atoms with Crippen LogP contribution in [0.25, 0.3) is 10.8 Å². The first-order chi connectivity index (χ1) is 17.4. The van der Waals surface area contributed by atoms with E-state index in [0.29, 0.717) is 25.0 Å². The molecular formula is C30H25F4NO. The molecule has 0 aliphatic heterocycles. The smallest absolute Gasteiger partial charge is 0.195 e. The molecule has 2 nitrogen and oxygen atoms in total. The Kier molecular flexibility index (Phi) is 8.22. The number of unbranched alkanes of at least 4 members (excludes halogenated alkanes) is 2. The lowest BCUT2D eigenvalue weighted by molar-refractivity contribution is 0.305. The lowest BCUT2D eigenvalue weighted by atomic mass is 10.0. The quantitative estimate of drug-likeness (QED) is 0.110. The minimum Gasteiger partial charge on any atom is -0.492 e. The summed E-state index contributed by atoms with van der Waals surface area (Å²) in [5.41, 5.74) is 2.35. The molecule has 0 amide bonds. The molecule has 6 heteroatoms. The highest BCUT2D eigenvalue weighted by Crippen LogP contribution is 2.24. The van der Waals surface area contributed by atoms with Gasteiger partial charge in [0, 0.05) is 16.6 Å². The van der Waals surface area contributed by atoms with Gasteiger partial charge in [0.1, 0.15) is 11.6 Å². The topological polar surface area (TPSA) is 22.1 Å².